The van der Waals surface area contributed by atoms with E-state index in [0.717, 1.165) is 10.5 Å². The van der Waals surface area contributed by atoms with Gasteiger partial charge in [0.1, 0.15) is 11.8 Å². The normalized spacial score (nSPS) is 31.8. The van der Waals surface area contributed by atoms with Crippen LogP contribution in [0.4, 0.5) is 0 Å². The summed E-state index contributed by atoms with van der Waals surface area (Å²) >= 11 is 0. The van der Waals surface area contributed by atoms with Crippen LogP contribution in [0.25, 0.3) is 0 Å². The highest BCUT2D eigenvalue weighted by Gasteiger charge is 2.74. The van der Waals surface area contributed by atoms with Crippen LogP contribution in [0.3, 0.4) is 0 Å². The summed E-state index contributed by atoms with van der Waals surface area (Å²) in [7, 11) is 0. The number of guanidine groups is 2. The maximum Gasteiger partial charge on any atom is 0.255 e. The van der Waals surface area contributed by atoms with Gasteiger partial charge in [-0.1, -0.05) is 12.1 Å². The maximum atomic E-state index is 13.2. The number of fused-ring (bicyclic) bond motifs is 1. The molecule has 0 aliphatic carbocycles. The zero-order valence-electron chi connectivity index (χ0n) is 19.1. The lowest BCUT2D eigenvalue weighted by Crippen LogP contribution is -2.81. The number of benzene rings is 1. The minimum atomic E-state index is -2.66. The van der Waals surface area contributed by atoms with E-state index in [9.17, 15) is 24.6 Å². The molecule has 1 aromatic carbocycles. The van der Waals surface area contributed by atoms with E-state index in [1.165, 1.54) is 4.90 Å². The van der Waals surface area contributed by atoms with Crippen molar-refractivity contribution in [2.75, 3.05) is 19.7 Å². The van der Waals surface area contributed by atoms with Gasteiger partial charge in [0.15, 0.2) is 17.6 Å². The standard InChI is InChI=1S/C22H26N8O6/c23-19-27-17-12(8-29-14(31)4-5-15(29)32)25-20(24)30-9-13(22(34,35)21(17,30)28-19)26-18(33)11-3-1-2-10-6-7-36-16(10)11/h1-3,12-13,17,34-35H,4-9H2,(H2,24,25)(H,26,33)(H3,23,27,28). The maximum absolute atomic E-state index is 13.2. The van der Waals surface area contributed by atoms with Crippen LogP contribution >= 0.6 is 0 Å². The summed E-state index contributed by atoms with van der Waals surface area (Å²) in [5.41, 5.74) is -0.669. The predicted molar refractivity (Wildman–Crippen MR) is 122 cm³/mol. The van der Waals surface area contributed by atoms with Crippen molar-refractivity contribution < 1.29 is 29.3 Å². The third-order valence-corrected chi connectivity index (χ3v) is 7.70. The van der Waals surface area contributed by atoms with Crippen LogP contribution < -0.4 is 26.0 Å². The van der Waals surface area contributed by atoms with Gasteiger partial charge in [-0.3, -0.25) is 30.1 Å². The molecule has 5 aliphatic rings. The van der Waals surface area contributed by atoms with Gasteiger partial charge in [0.25, 0.3) is 5.91 Å². The molecule has 4 fully saturated rings. The molecule has 0 aromatic heterocycles. The highest BCUT2D eigenvalue weighted by molar-refractivity contribution is 6.02. The summed E-state index contributed by atoms with van der Waals surface area (Å²) in [5, 5.41) is 51.0. The number of hydrogen-bond acceptors (Lipinski definition) is 8. The van der Waals surface area contributed by atoms with E-state index in [0.29, 0.717) is 18.8 Å². The molecule has 0 radical (unpaired) electrons. The zero-order valence-corrected chi connectivity index (χ0v) is 19.1. The Balaban J connectivity index is 1.31. The second-order valence-corrected chi connectivity index (χ2v) is 9.64. The van der Waals surface area contributed by atoms with Crippen molar-refractivity contribution in [2.24, 2.45) is 0 Å². The lowest BCUT2D eigenvalue weighted by atomic mass is 9.84. The molecule has 1 aromatic rings. The topological polar surface area (TPSA) is 203 Å². The van der Waals surface area contributed by atoms with Gasteiger partial charge in [-0.2, -0.15) is 0 Å². The highest BCUT2D eigenvalue weighted by Crippen LogP contribution is 2.43. The summed E-state index contributed by atoms with van der Waals surface area (Å²) in [6, 6.07) is 2.17. The van der Waals surface area contributed by atoms with Gasteiger partial charge in [-0.25, -0.2) is 0 Å². The summed E-state index contributed by atoms with van der Waals surface area (Å²) < 4.78 is 5.61. The number of nitrogens with one attached hydrogen (secondary N) is 6. The second kappa shape index (κ2) is 7.54. The van der Waals surface area contributed by atoms with Crippen molar-refractivity contribution in [3.05, 3.63) is 29.3 Å². The van der Waals surface area contributed by atoms with E-state index in [1.807, 2.05) is 6.07 Å². The molecule has 14 nitrogen and oxygen atoms in total. The molecule has 4 saturated heterocycles. The van der Waals surface area contributed by atoms with E-state index in [1.54, 1.807) is 12.1 Å². The first-order chi connectivity index (χ1) is 17.1. The number of aliphatic hydroxyl groups is 2. The number of imide groups is 1. The third kappa shape index (κ3) is 2.94. The van der Waals surface area contributed by atoms with Crippen LogP contribution in [0.1, 0.15) is 28.8 Å². The van der Waals surface area contributed by atoms with Gasteiger partial charge in [-0.15, -0.1) is 0 Å². The first kappa shape index (κ1) is 22.5. The molecule has 5 heterocycles. The number of nitrogens with zero attached hydrogens (tertiary/aromatic N) is 2. The second-order valence-electron chi connectivity index (χ2n) is 9.64. The van der Waals surface area contributed by atoms with Crippen molar-refractivity contribution in [2.45, 2.75) is 48.8 Å². The van der Waals surface area contributed by atoms with Crippen molar-refractivity contribution in [1.82, 2.24) is 31.1 Å². The zero-order chi connectivity index (χ0) is 25.4. The molecular weight excluding hydrogens is 472 g/mol. The average molecular weight is 499 g/mol. The van der Waals surface area contributed by atoms with Gasteiger partial charge >= 0.3 is 0 Å². The average Bonchev–Trinajstić information content (AvgIpc) is 3.57. The molecule has 0 bridgehead atoms. The minimum Gasteiger partial charge on any atom is -0.492 e. The molecular formula is C22H26N8O6. The molecule has 1 spiro atoms. The number of hydrogen-bond donors (Lipinski definition) is 8. The molecule has 36 heavy (non-hydrogen) atoms. The molecule has 4 atom stereocenters. The predicted octanol–water partition coefficient (Wildman–Crippen LogP) is -3.04. The lowest BCUT2D eigenvalue weighted by Gasteiger charge is -2.51. The number of amides is 3. The number of carbonyl (C=O) groups excluding carboxylic acids is 3. The van der Waals surface area contributed by atoms with E-state index in [4.69, 9.17) is 15.6 Å². The van der Waals surface area contributed by atoms with Gasteiger partial charge in [-0.05, 0) is 11.6 Å². The summed E-state index contributed by atoms with van der Waals surface area (Å²) in [6.07, 6.45) is 0.862. The van der Waals surface area contributed by atoms with Gasteiger partial charge in [0.2, 0.25) is 17.6 Å². The largest absolute Gasteiger partial charge is 0.492 e. The van der Waals surface area contributed by atoms with E-state index in [-0.39, 0.29) is 55.2 Å². The quantitative estimate of drug-likeness (QED) is 0.156. The fourth-order valence-electron chi connectivity index (χ4n) is 5.99. The van der Waals surface area contributed by atoms with E-state index >= 15 is 0 Å². The Bertz CT molecular complexity index is 1200. The van der Waals surface area contributed by atoms with Gasteiger partial charge in [0, 0.05) is 25.8 Å². The fraction of sp³-hybridized carbons (Fsp3) is 0.500. The van der Waals surface area contributed by atoms with Gasteiger partial charge < -0.3 is 41.1 Å². The Labute approximate surface area is 205 Å². The number of carbonyl (C=O) groups is 3. The molecule has 0 saturated carbocycles. The molecule has 8 N–H and O–H groups in total. The molecule has 14 heteroatoms. The smallest absolute Gasteiger partial charge is 0.255 e. The Morgan fingerprint density at radius 2 is 1.92 bits per heavy atom. The fourth-order valence-corrected chi connectivity index (χ4v) is 5.99. The molecule has 4 unspecified atom stereocenters. The van der Waals surface area contributed by atoms with Crippen molar-refractivity contribution in [1.29, 1.82) is 10.8 Å². The Kier molecular flexibility index (Phi) is 4.72. The number of likely N-dealkylation sites (tertiary alicyclic amines) is 1. The molecule has 5 aliphatic heterocycles. The van der Waals surface area contributed by atoms with Crippen molar-refractivity contribution in [3.8, 4) is 5.75 Å². The summed E-state index contributed by atoms with van der Waals surface area (Å²) in [5.74, 6) is -3.89. The van der Waals surface area contributed by atoms with Gasteiger partial charge in [0.05, 0.1) is 30.8 Å². The first-order valence-electron chi connectivity index (χ1n) is 11.7. The van der Waals surface area contributed by atoms with Crippen LogP contribution in [-0.2, 0) is 16.0 Å². The molecule has 6 rings (SSSR count). The van der Waals surface area contributed by atoms with Crippen LogP contribution in [0.2, 0.25) is 0 Å². The number of para-hydroxylation sites is 1. The van der Waals surface area contributed by atoms with Crippen molar-refractivity contribution in [3.63, 3.8) is 0 Å². The Hall–Kier alpha value is -3.91. The SMILES string of the molecule is N=C1NC2C(CN3C(=O)CCC3=O)NC(=N)N3CC(NC(=O)c4cccc5c4OCC5)C(O)(O)C23N1. The summed E-state index contributed by atoms with van der Waals surface area (Å²) in [4.78, 5) is 40.1. The number of ether oxygens (including phenoxy) is 1. The number of rotatable bonds is 4. The summed E-state index contributed by atoms with van der Waals surface area (Å²) in [6.45, 7) is 0.172. The highest BCUT2D eigenvalue weighted by atomic mass is 16.5. The van der Waals surface area contributed by atoms with Crippen LogP contribution in [0.5, 0.6) is 5.75 Å². The minimum absolute atomic E-state index is 0.0946. The molecule has 190 valence electrons. The van der Waals surface area contributed by atoms with Crippen LogP contribution in [0.15, 0.2) is 18.2 Å². The van der Waals surface area contributed by atoms with Crippen LogP contribution in [0, 0.1) is 10.8 Å². The lowest BCUT2D eigenvalue weighted by molar-refractivity contribution is -0.232. The Morgan fingerprint density at radius 3 is 2.67 bits per heavy atom. The van der Waals surface area contributed by atoms with Crippen molar-refractivity contribution >= 4 is 29.6 Å². The first-order valence-corrected chi connectivity index (χ1v) is 11.7. The van der Waals surface area contributed by atoms with E-state index in [2.05, 4.69) is 21.3 Å². The third-order valence-electron chi connectivity index (χ3n) is 7.70. The van der Waals surface area contributed by atoms with Crippen LogP contribution in [-0.4, -0.2) is 98.9 Å². The monoisotopic (exact) mass is 498 g/mol. The van der Waals surface area contributed by atoms with E-state index < -0.39 is 35.5 Å². The Morgan fingerprint density at radius 1 is 1.17 bits per heavy atom. The molecule has 3 amide bonds.